The standard InChI is InChI=1S/C17H32N2O/c1-18-16-8-3-2-6-14(16)12-19-11-10-17(20)9-5-4-7-15(17)13-19/h14-16,18,20H,2-13H2,1H3. The van der Waals surface area contributed by atoms with Crippen LogP contribution in [0, 0.1) is 11.8 Å². The van der Waals surface area contributed by atoms with Gasteiger partial charge in [0.05, 0.1) is 5.60 Å². The Hall–Kier alpha value is -0.120. The third kappa shape index (κ3) is 3.05. The number of piperidine rings is 1. The summed E-state index contributed by atoms with van der Waals surface area (Å²) in [5.74, 6) is 1.37. The number of nitrogens with one attached hydrogen (secondary N) is 1. The molecule has 0 spiro atoms. The summed E-state index contributed by atoms with van der Waals surface area (Å²) in [6.45, 7) is 3.50. The average molecular weight is 280 g/mol. The maximum absolute atomic E-state index is 10.8. The molecule has 0 aromatic rings. The fourth-order valence-electron chi connectivity index (χ4n) is 4.94. The summed E-state index contributed by atoms with van der Waals surface area (Å²) in [7, 11) is 2.12. The minimum atomic E-state index is -0.316. The normalized spacial score (nSPS) is 43.2. The first-order valence-electron chi connectivity index (χ1n) is 8.83. The van der Waals surface area contributed by atoms with Gasteiger partial charge in [0.25, 0.3) is 0 Å². The van der Waals surface area contributed by atoms with Crippen molar-refractivity contribution < 1.29 is 5.11 Å². The van der Waals surface area contributed by atoms with Crippen LogP contribution in [0.1, 0.15) is 57.8 Å². The molecule has 116 valence electrons. The van der Waals surface area contributed by atoms with E-state index < -0.39 is 0 Å². The van der Waals surface area contributed by atoms with Crippen molar-refractivity contribution in [1.82, 2.24) is 10.2 Å². The van der Waals surface area contributed by atoms with E-state index in [0.29, 0.717) is 5.92 Å². The number of rotatable bonds is 3. The second-order valence-corrected chi connectivity index (χ2v) is 7.50. The summed E-state index contributed by atoms with van der Waals surface area (Å²) in [4.78, 5) is 2.66. The largest absolute Gasteiger partial charge is 0.390 e. The Balaban J connectivity index is 1.56. The Morgan fingerprint density at radius 2 is 1.90 bits per heavy atom. The molecule has 0 aromatic heterocycles. The van der Waals surface area contributed by atoms with Crippen molar-refractivity contribution in [2.45, 2.75) is 69.4 Å². The number of fused-ring (bicyclic) bond motifs is 1. The quantitative estimate of drug-likeness (QED) is 0.833. The van der Waals surface area contributed by atoms with Gasteiger partial charge in [0.15, 0.2) is 0 Å². The highest BCUT2D eigenvalue weighted by atomic mass is 16.3. The number of hydrogen-bond donors (Lipinski definition) is 2. The minimum Gasteiger partial charge on any atom is -0.390 e. The number of nitrogens with zero attached hydrogens (tertiary/aromatic N) is 1. The van der Waals surface area contributed by atoms with E-state index in [4.69, 9.17) is 0 Å². The summed E-state index contributed by atoms with van der Waals surface area (Å²) in [5, 5.41) is 14.3. The monoisotopic (exact) mass is 280 g/mol. The molecule has 3 heteroatoms. The topological polar surface area (TPSA) is 35.5 Å². The Kier molecular flexibility index (Phi) is 4.68. The molecule has 3 nitrogen and oxygen atoms in total. The molecule has 20 heavy (non-hydrogen) atoms. The van der Waals surface area contributed by atoms with Crippen molar-refractivity contribution in [1.29, 1.82) is 0 Å². The molecule has 0 aromatic carbocycles. The molecule has 0 bridgehead atoms. The highest BCUT2D eigenvalue weighted by Gasteiger charge is 2.43. The summed E-state index contributed by atoms with van der Waals surface area (Å²) in [6, 6.07) is 0.718. The summed E-state index contributed by atoms with van der Waals surface area (Å²) in [6.07, 6.45) is 11.4. The Morgan fingerprint density at radius 1 is 1.10 bits per heavy atom. The smallest absolute Gasteiger partial charge is 0.0700 e. The van der Waals surface area contributed by atoms with Crippen molar-refractivity contribution in [2.24, 2.45) is 11.8 Å². The van der Waals surface area contributed by atoms with Gasteiger partial charge in [-0.2, -0.15) is 0 Å². The highest BCUT2D eigenvalue weighted by molar-refractivity contribution is 4.96. The molecule has 4 unspecified atom stereocenters. The zero-order chi connectivity index (χ0) is 14.0. The molecular weight excluding hydrogens is 248 g/mol. The van der Waals surface area contributed by atoms with Gasteiger partial charge in [0.2, 0.25) is 0 Å². The molecule has 2 saturated carbocycles. The van der Waals surface area contributed by atoms with Gasteiger partial charge in [-0.15, -0.1) is 0 Å². The lowest BCUT2D eigenvalue weighted by Crippen LogP contribution is -2.55. The van der Waals surface area contributed by atoms with Crippen molar-refractivity contribution in [3.8, 4) is 0 Å². The van der Waals surface area contributed by atoms with E-state index in [-0.39, 0.29) is 5.60 Å². The summed E-state index contributed by atoms with van der Waals surface area (Å²) < 4.78 is 0. The van der Waals surface area contributed by atoms with Crippen molar-refractivity contribution in [3.63, 3.8) is 0 Å². The SMILES string of the molecule is CNC1CCCCC1CN1CCC2(O)CCCCC2C1. The minimum absolute atomic E-state index is 0.316. The van der Waals surface area contributed by atoms with Crippen LogP contribution < -0.4 is 5.32 Å². The Bertz CT molecular complexity index is 322. The van der Waals surface area contributed by atoms with Crippen LogP contribution in [0.25, 0.3) is 0 Å². The van der Waals surface area contributed by atoms with Crippen molar-refractivity contribution in [2.75, 3.05) is 26.7 Å². The van der Waals surface area contributed by atoms with Gasteiger partial charge in [-0.25, -0.2) is 0 Å². The lowest BCUT2D eigenvalue weighted by molar-refractivity contribution is -0.0982. The number of likely N-dealkylation sites (tertiary alicyclic amines) is 1. The van der Waals surface area contributed by atoms with Gasteiger partial charge in [-0.3, -0.25) is 0 Å². The molecule has 2 N–H and O–H groups in total. The lowest BCUT2D eigenvalue weighted by atomic mass is 9.71. The van der Waals surface area contributed by atoms with Gasteiger partial charge < -0.3 is 15.3 Å². The maximum Gasteiger partial charge on any atom is 0.0700 e. The van der Waals surface area contributed by atoms with Gasteiger partial charge in [-0.1, -0.05) is 25.7 Å². The van der Waals surface area contributed by atoms with Gasteiger partial charge in [0.1, 0.15) is 0 Å². The maximum atomic E-state index is 10.8. The molecule has 2 aliphatic carbocycles. The molecule has 3 fully saturated rings. The second kappa shape index (κ2) is 6.33. The van der Waals surface area contributed by atoms with E-state index in [1.54, 1.807) is 0 Å². The van der Waals surface area contributed by atoms with Crippen molar-refractivity contribution in [3.05, 3.63) is 0 Å². The predicted octanol–water partition coefficient (Wildman–Crippen LogP) is 2.39. The fourth-order valence-corrected chi connectivity index (χ4v) is 4.94. The molecule has 1 heterocycles. The van der Waals surface area contributed by atoms with Crippen molar-refractivity contribution >= 4 is 0 Å². The van der Waals surface area contributed by atoms with Crippen LogP contribution in [-0.2, 0) is 0 Å². The first kappa shape index (κ1) is 14.8. The molecule has 3 aliphatic rings. The van der Waals surface area contributed by atoms with Crippen LogP contribution in [0.4, 0.5) is 0 Å². The Labute approximate surface area is 124 Å². The highest BCUT2D eigenvalue weighted by Crippen LogP contribution is 2.40. The first-order chi connectivity index (χ1) is 9.71. The van der Waals surface area contributed by atoms with Crippen LogP contribution in [0.2, 0.25) is 0 Å². The molecule has 1 saturated heterocycles. The first-order valence-corrected chi connectivity index (χ1v) is 8.83. The van der Waals surface area contributed by atoms with Crippen LogP contribution in [0.5, 0.6) is 0 Å². The van der Waals surface area contributed by atoms with E-state index in [1.807, 2.05) is 0 Å². The van der Waals surface area contributed by atoms with E-state index >= 15 is 0 Å². The van der Waals surface area contributed by atoms with Gasteiger partial charge in [-0.05, 0) is 45.1 Å². The zero-order valence-electron chi connectivity index (χ0n) is 13.1. The van der Waals surface area contributed by atoms with Gasteiger partial charge >= 0.3 is 0 Å². The molecular formula is C17H32N2O. The van der Waals surface area contributed by atoms with Gasteiger partial charge in [0, 0.05) is 31.6 Å². The van der Waals surface area contributed by atoms with E-state index in [9.17, 15) is 5.11 Å². The second-order valence-electron chi connectivity index (χ2n) is 7.50. The summed E-state index contributed by atoms with van der Waals surface area (Å²) in [5.41, 5.74) is -0.316. The molecule has 4 atom stereocenters. The van der Waals surface area contributed by atoms with Crippen LogP contribution in [0.3, 0.4) is 0 Å². The van der Waals surface area contributed by atoms with E-state index in [2.05, 4.69) is 17.3 Å². The van der Waals surface area contributed by atoms with Crippen LogP contribution in [0.15, 0.2) is 0 Å². The number of hydrogen-bond acceptors (Lipinski definition) is 3. The summed E-state index contributed by atoms with van der Waals surface area (Å²) >= 11 is 0. The predicted molar refractivity (Wildman–Crippen MR) is 82.8 cm³/mol. The third-order valence-electron chi connectivity index (χ3n) is 6.28. The van der Waals surface area contributed by atoms with Crippen LogP contribution in [-0.4, -0.2) is 48.3 Å². The molecule has 3 rings (SSSR count). The molecule has 1 aliphatic heterocycles. The van der Waals surface area contributed by atoms with E-state index in [1.165, 1.54) is 51.5 Å². The lowest BCUT2D eigenvalue weighted by Gasteiger charge is -2.48. The van der Waals surface area contributed by atoms with Crippen LogP contribution >= 0.6 is 0 Å². The Morgan fingerprint density at radius 3 is 2.75 bits per heavy atom. The molecule has 0 amide bonds. The zero-order valence-corrected chi connectivity index (χ0v) is 13.1. The third-order valence-corrected chi connectivity index (χ3v) is 6.28. The average Bonchev–Trinajstić information content (AvgIpc) is 2.48. The fraction of sp³-hybridized carbons (Fsp3) is 1.00. The number of aliphatic hydroxyl groups is 1. The van der Waals surface area contributed by atoms with E-state index in [0.717, 1.165) is 37.9 Å². The molecule has 0 radical (unpaired) electrons.